The first-order chi connectivity index (χ1) is 15.2. The van der Waals surface area contributed by atoms with Crippen molar-refractivity contribution in [3.05, 3.63) is 65.3 Å². The van der Waals surface area contributed by atoms with E-state index in [0.717, 1.165) is 27.4 Å². The van der Waals surface area contributed by atoms with Crippen molar-refractivity contribution in [1.82, 2.24) is 25.1 Å². The minimum Gasteiger partial charge on any atom is -0.352 e. The molecular formula is C22H21N7OS. The van der Waals surface area contributed by atoms with Gasteiger partial charge < -0.3 is 15.1 Å². The van der Waals surface area contributed by atoms with Crippen molar-refractivity contribution in [1.29, 1.82) is 0 Å². The van der Waals surface area contributed by atoms with Gasteiger partial charge in [0.15, 0.2) is 16.6 Å². The number of hydrogen-bond donors (Lipinski definition) is 1. The molecule has 156 valence electrons. The zero-order chi connectivity index (χ0) is 21.2. The normalized spacial score (nSPS) is 14.1. The number of benzene rings is 1. The SMILES string of the molecule is Cc1ccc(Nc2ccc(N3CCN(C(=O)c4nc5ccccc5s4)CC3)nn2)nc1. The minimum absolute atomic E-state index is 0.00270. The standard InChI is InChI=1S/C22H21N7OS/c1-15-6-7-18(23-14-15)25-19-8-9-20(27-26-19)28-10-12-29(13-11-28)22(30)21-24-16-4-2-3-5-17(16)31-21/h2-9,14H,10-13H2,1H3,(H,23,25,26). The van der Waals surface area contributed by atoms with Crippen molar-refractivity contribution in [2.24, 2.45) is 0 Å². The van der Waals surface area contributed by atoms with Gasteiger partial charge in [-0.2, -0.15) is 0 Å². The van der Waals surface area contributed by atoms with E-state index in [-0.39, 0.29) is 5.91 Å². The summed E-state index contributed by atoms with van der Waals surface area (Å²) in [4.78, 5) is 25.7. The average Bonchev–Trinajstić information content (AvgIpc) is 3.25. The monoisotopic (exact) mass is 431 g/mol. The molecule has 4 aromatic rings. The quantitative estimate of drug-likeness (QED) is 0.529. The smallest absolute Gasteiger partial charge is 0.282 e. The molecule has 5 rings (SSSR count). The number of amides is 1. The highest BCUT2D eigenvalue weighted by molar-refractivity contribution is 7.20. The van der Waals surface area contributed by atoms with E-state index in [1.807, 2.05) is 60.4 Å². The number of piperazine rings is 1. The fourth-order valence-electron chi connectivity index (χ4n) is 3.47. The van der Waals surface area contributed by atoms with Crippen LogP contribution in [0.15, 0.2) is 54.7 Å². The molecule has 0 atom stereocenters. The van der Waals surface area contributed by atoms with Crippen LogP contribution in [0.25, 0.3) is 10.2 Å². The highest BCUT2D eigenvalue weighted by atomic mass is 32.1. The predicted molar refractivity (Wildman–Crippen MR) is 122 cm³/mol. The number of anilines is 3. The number of hydrogen-bond acceptors (Lipinski definition) is 8. The molecule has 0 radical (unpaired) electrons. The number of nitrogens with zero attached hydrogens (tertiary/aromatic N) is 6. The Kier molecular flexibility index (Phi) is 5.17. The van der Waals surface area contributed by atoms with Crippen molar-refractivity contribution >= 4 is 44.9 Å². The zero-order valence-electron chi connectivity index (χ0n) is 17.0. The number of nitrogens with one attached hydrogen (secondary N) is 1. The van der Waals surface area contributed by atoms with Gasteiger partial charge in [-0.3, -0.25) is 4.79 Å². The molecule has 3 aromatic heterocycles. The summed E-state index contributed by atoms with van der Waals surface area (Å²) in [6.07, 6.45) is 1.80. The summed E-state index contributed by atoms with van der Waals surface area (Å²) >= 11 is 1.45. The fraction of sp³-hybridized carbons (Fsp3) is 0.227. The Hall–Kier alpha value is -3.59. The number of carbonyl (C=O) groups excluding carboxylic acids is 1. The van der Waals surface area contributed by atoms with Crippen LogP contribution in [-0.2, 0) is 0 Å². The molecule has 0 unspecified atom stereocenters. The Labute approximate surface area is 183 Å². The average molecular weight is 432 g/mol. The second-order valence-corrected chi connectivity index (χ2v) is 8.42. The highest BCUT2D eigenvalue weighted by Crippen LogP contribution is 2.23. The Balaban J connectivity index is 1.20. The van der Waals surface area contributed by atoms with Gasteiger partial charge in [0.2, 0.25) is 0 Å². The first-order valence-corrected chi connectivity index (χ1v) is 10.9. The summed E-state index contributed by atoms with van der Waals surface area (Å²) < 4.78 is 1.04. The number of rotatable bonds is 4. The van der Waals surface area contributed by atoms with Crippen molar-refractivity contribution < 1.29 is 4.79 Å². The maximum atomic E-state index is 12.9. The molecule has 31 heavy (non-hydrogen) atoms. The summed E-state index contributed by atoms with van der Waals surface area (Å²) in [5.41, 5.74) is 1.98. The van der Waals surface area contributed by atoms with Crippen LogP contribution in [0, 0.1) is 6.92 Å². The van der Waals surface area contributed by atoms with E-state index in [0.29, 0.717) is 37.0 Å². The van der Waals surface area contributed by atoms with Crippen LogP contribution in [0.4, 0.5) is 17.5 Å². The largest absolute Gasteiger partial charge is 0.352 e. The maximum absolute atomic E-state index is 12.9. The molecule has 0 spiro atoms. The minimum atomic E-state index is -0.00270. The number of aryl methyl sites for hydroxylation is 1. The van der Waals surface area contributed by atoms with Crippen molar-refractivity contribution in [3.8, 4) is 0 Å². The molecule has 1 N–H and O–H groups in total. The van der Waals surface area contributed by atoms with Gasteiger partial charge in [0, 0.05) is 32.4 Å². The lowest BCUT2D eigenvalue weighted by Gasteiger charge is -2.34. The van der Waals surface area contributed by atoms with Crippen molar-refractivity contribution in [3.63, 3.8) is 0 Å². The molecule has 9 heteroatoms. The van der Waals surface area contributed by atoms with Crippen LogP contribution in [0.5, 0.6) is 0 Å². The number of carbonyl (C=O) groups is 1. The van der Waals surface area contributed by atoms with E-state index < -0.39 is 0 Å². The van der Waals surface area contributed by atoms with Gasteiger partial charge in [-0.15, -0.1) is 21.5 Å². The van der Waals surface area contributed by atoms with Crippen molar-refractivity contribution in [2.75, 3.05) is 36.4 Å². The third kappa shape index (κ3) is 4.17. The van der Waals surface area contributed by atoms with E-state index in [2.05, 4.69) is 30.4 Å². The Morgan fingerprint density at radius 2 is 1.77 bits per heavy atom. The topological polar surface area (TPSA) is 87.1 Å². The number of thiazole rings is 1. The molecule has 0 bridgehead atoms. The van der Waals surface area contributed by atoms with Crippen LogP contribution in [0.3, 0.4) is 0 Å². The second-order valence-electron chi connectivity index (χ2n) is 7.39. The van der Waals surface area contributed by atoms with Gasteiger partial charge in [0.05, 0.1) is 10.2 Å². The lowest BCUT2D eigenvalue weighted by Crippen LogP contribution is -2.49. The molecule has 1 amide bonds. The lowest BCUT2D eigenvalue weighted by atomic mass is 10.3. The van der Waals surface area contributed by atoms with E-state index in [4.69, 9.17) is 0 Å². The van der Waals surface area contributed by atoms with Gasteiger partial charge >= 0.3 is 0 Å². The molecule has 8 nitrogen and oxygen atoms in total. The van der Waals surface area contributed by atoms with Crippen LogP contribution in [-0.4, -0.2) is 57.2 Å². The van der Waals surface area contributed by atoms with E-state index >= 15 is 0 Å². The third-order valence-corrected chi connectivity index (χ3v) is 6.21. The summed E-state index contributed by atoms with van der Waals surface area (Å²) in [5.74, 6) is 2.17. The summed E-state index contributed by atoms with van der Waals surface area (Å²) in [6, 6.07) is 15.6. The van der Waals surface area contributed by atoms with E-state index in [9.17, 15) is 4.79 Å². The van der Waals surface area contributed by atoms with E-state index in [1.54, 1.807) is 6.20 Å². The van der Waals surface area contributed by atoms with Crippen LogP contribution >= 0.6 is 11.3 Å². The number of pyridine rings is 1. The van der Waals surface area contributed by atoms with Crippen LogP contribution in [0.1, 0.15) is 15.4 Å². The van der Waals surface area contributed by atoms with Gasteiger partial charge in [0.25, 0.3) is 5.91 Å². The summed E-state index contributed by atoms with van der Waals surface area (Å²) in [6.45, 7) is 4.67. The molecule has 1 aliphatic rings. The summed E-state index contributed by atoms with van der Waals surface area (Å²) in [5, 5.41) is 12.3. The molecule has 4 heterocycles. The number of para-hydroxylation sites is 1. The maximum Gasteiger partial charge on any atom is 0.282 e. The first kappa shape index (κ1) is 19.4. The predicted octanol–water partition coefficient (Wildman–Crippen LogP) is 3.50. The van der Waals surface area contributed by atoms with Crippen LogP contribution < -0.4 is 10.2 Å². The lowest BCUT2D eigenvalue weighted by molar-refractivity contribution is 0.0746. The molecule has 1 saturated heterocycles. The van der Waals surface area contributed by atoms with Gasteiger partial charge in [0.1, 0.15) is 5.82 Å². The second kappa shape index (κ2) is 8.27. The first-order valence-electron chi connectivity index (χ1n) is 10.1. The summed E-state index contributed by atoms with van der Waals surface area (Å²) in [7, 11) is 0. The Morgan fingerprint density at radius 3 is 2.48 bits per heavy atom. The third-order valence-electron chi connectivity index (χ3n) is 5.19. The molecule has 1 aliphatic heterocycles. The van der Waals surface area contributed by atoms with Gasteiger partial charge in [-0.05, 0) is 42.8 Å². The number of fused-ring (bicyclic) bond motifs is 1. The Morgan fingerprint density at radius 1 is 0.968 bits per heavy atom. The van der Waals surface area contributed by atoms with Gasteiger partial charge in [-0.25, -0.2) is 9.97 Å². The van der Waals surface area contributed by atoms with Crippen LogP contribution in [0.2, 0.25) is 0 Å². The number of aromatic nitrogens is 4. The molecular weight excluding hydrogens is 410 g/mol. The molecule has 0 aliphatic carbocycles. The van der Waals surface area contributed by atoms with E-state index in [1.165, 1.54) is 11.3 Å². The molecule has 1 aromatic carbocycles. The molecule has 1 fully saturated rings. The Bertz CT molecular complexity index is 1170. The highest BCUT2D eigenvalue weighted by Gasteiger charge is 2.25. The zero-order valence-corrected chi connectivity index (χ0v) is 17.8. The molecule has 0 saturated carbocycles. The van der Waals surface area contributed by atoms with Crippen molar-refractivity contribution in [2.45, 2.75) is 6.92 Å². The van der Waals surface area contributed by atoms with Gasteiger partial charge in [-0.1, -0.05) is 18.2 Å². The fourth-order valence-corrected chi connectivity index (χ4v) is 4.40.